The smallest absolute Gasteiger partial charge is 0.174 e. The maximum Gasteiger partial charge on any atom is 0.174 e. The Balaban J connectivity index is 1.67. The highest BCUT2D eigenvalue weighted by Crippen LogP contribution is 2.31. The van der Waals surface area contributed by atoms with Crippen molar-refractivity contribution in [3.05, 3.63) is 78.1 Å². The predicted octanol–water partition coefficient (Wildman–Crippen LogP) is 5.86. The van der Waals surface area contributed by atoms with Gasteiger partial charge in [0.05, 0.1) is 24.8 Å². The molecule has 0 bridgehead atoms. The van der Waals surface area contributed by atoms with Crippen LogP contribution in [0.15, 0.2) is 71.9 Å². The van der Waals surface area contributed by atoms with Crippen molar-refractivity contribution in [3.8, 4) is 17.2 Å². The Morgan fingerprint density at radius 3 is 2.55 bits per heavy atom. The Morgan fingerprint density at radius 2 is 1.83 bits per heavy atom. The Kier molecular flexibility index (Phi) is 5.71. The third kappa shape index (κ3) is 4.07. The fourth-order valence-electron chi connectivity index (χ4n) is 3.16. The van der Waals surface area contributed by atoms with Gasteiger partial charge in [-0.25, -0.2) is 9.37 Å². The lowest BCUT2D eigenvalue weighted by Crippen LogP contribution is -1.98. The Labute approximate surface area is 173 Å². The van der Waals surface area contributed by atoms with Crippen molar-refractivity contribution in [2.45, 2.75) is 17.8 Å². The number of rotatable bonds is 7. The van der Waals surface area contributed by atoms with E-state index in [1.165, 1.54) is 13.2 Å². The summed E-state index contributed by atoms with van der Waals surface area (Å²) in [5.74, 6) is 1.33. The lowest BCUT2D eigenvalue weighted by atomic mass is 10.2. The van der Waals surface area contributed by atoms with Gasteiger partial charge in [0.2, 0.25) is 0 Å². The van der Waals surface area contributed by atoms with Gasteiger partial charge in [0.25, 0.3) is 0 Å². The molecule has 0 aliphatic carbocycles. The lowest BCUT2D eigenvalue weighted by molar-refractivity contribution is 0.340. The molecule has 0 fully saturated rings. The van der Waals surface area contributed by atoms with Crippen molar-refractivity contribution in [1.29, 1.82) is 0 Å². The highest BCUT2D eigenvalue weighted by Gasteiger charge is 2.14. The number of benzene rings is 3. The summed E-state index contributed by atoms with van der Waals surface area (Å²) < 4.78 is 26.7. The number of methoxy groups -OCH3 is 1. The average molecular weight is 408 g/mol. The maximum atomic E-state index is 14.0. The molecule has 1 aromatic heterocycles. The third-order valence-electron chi connectivity index (χ3n) is 4.52. The largest absolute Gasteiger partial charge is 0.494 e. The van der Waals surface area contributed by atoms with Crippen LogP contribution in [0.4, 0.5) is 4.39 Å². The van der Waals surface area contributed by atoms with Gasteiger partial charge in [-0.05, 0) is 61.0 Å². The SMILES string of the molecule is CCOc1ccc(-n2c(SCc3ccc(OC)c(F)c3)nc3ccccc32)cc1. The van der Waals surface area contributed by atoms with E-state index in [4.69, 9.17) is 14.5 Å². The highest BCUT2D eigenvalue weighted by atomic mass is 32.2. The van der Waals surface area contributed by atoms with Crippen LogP contribution in [0.5, 0.6) is 11.5 Å². The summed E-state index contributed by atoms with van der Waals surface area (Å²) in [4.78, 5) is 4.80. The number of hydrogen-bond acceptors (Lipinski definition) is 4. The summed E-state index contributed by atoms with van der Waals surface area (Å²) in [7, 11) is 1.46. The van der Waals surface area contributed by atoms with E-state index < -0.39 is 0 Å². The van der Waals surface area contributed by atoms with Crippen molar-refractivity contribution < 1.29 is 13.9 Å². The maximum absolute atomic E-state index is 14.0. The van der Waals surface area contributed by atoms with E-state index in [0.29, 0.717) is 12.4 Å². The van der Waals surface area contributed by atoms with Gasteiger partial charge in [0.1, 0.15) is 5.75 Å². The minimum Gasteiger partial charge on any atom is -0.494 e. The molecule has 0 aliphatic rings. The molecule has 0 radical (unpaired) electrons. The van der Waals surface area contributed by atoms with E-state index in [1.807, 2.05) is 55.5 Å². The van der Waals surface area contributed by atoms with Crippen molar-refractivity contribution in [2.75, 3.05) is 13.7 Å². The second kappa shape index (κ2) is 8.57. The van der Waals surface area contributed by atoms with E-state index in [2.05, 4.69) is 10.6 Å². The van der Waals surface area contributed by atoms with Crippen LogP contribution >= 0.6 is 11.8 Å². The van der Waals surface area contributed by atoms with E-state index in [1.54, 1.807) is 17.8 Å². The van der Waals surface area contributed by atoms with Gasteiger partial charge >= 0.3 is 0 Å². The number of thioether (sulfide) groups is 1. The summed E-state index contributed by atoms with van der Waals surface area (Å²) in [6, 6.07) is 21.0. The molecule has 0 N–H and O–H groups in total. The summed E-state index contributed by atoms with van der Waals surface area (Å²) in [5, 5.41) is 0.853. The van der Waals surface area contributed by atoms with Crippen molar-refractivity contribution in [2.24, 2.45) is 0 Å². The predicted molar refractivity (Wildman–Crippen MR) is 115 cm³/mol. The Hall–Kier alpha value is -2.99. The van der Waals surface area contributed by atoms with Gasteiger partial charge in [-0.3, -0.25) is 4.57 Å². The second-order valence-electron chi connectivity index (χ2n) is 6.40. The Bertz CT molecular complexity index is 1130. The van der Waals surface area contributed by atoms with Crippen LogP contribution in [-0.2, 0) is 5.75 Å². The molecular formula is C23H21FN2O2S. The first-order chi connectivity index (χ1) is 14.2. The number of imidazole rings is 1. The number of para-hydroxylation sites is 2. The van der Waals surface area contributed by atoms with Gasteiger partial charge in [0.15, 0.2) is 16.7 Å². The Morgan fingerprint density at radius 1 is 1.03 bits per heavy atom. The summed E-state index contributed by atoms with van der Waals surface area (Å²) in [5.41, 5.74) is 3.83. The lowest BCUT2D eigenvalue weighted by Gasteiger charge is -2.11. The zero-order chi connectivity index (χ0) is 20.2. The fourth-order valence-corrected chi connectivity index (χ4v) is 4.13. The van der Waals surface area contributed by atoms with Crippen molar-refractivity contribution >= 4 is 22.8 Å². The average Bonchev–Trinajstić information content (AvgIpc) is 3.11. The van der Waals surface area contributed by atoms with Gasteiger partial charge in [-0.2, -0.15) is 0 Å². The first-order valence-corrected chi connectivity index (χ1v) is 10.3. The number of hydrogen-bond donors (Lipinski definition) is 0. The fraction of sp³-hybridized carbons (Fsp3) is 0.174. The second-order valence-corrected chi connectivity index (χ2v) is 7.35. The van der Waals surface area contributed by atoms with Crippen molar-refractivity contribution in [3.63, 3.8) is 0 Å². The molecule has 0 spiro atoms. The molecule has 148 valence electrons. The van der Waals surface area contributed by atoms with E-state index in [0.717, 1.165) is 33.2 Å². The standard InChI is InChI=1S/C23H21FN2O2S/c1-3-28-18-11-9-17(10-12-18)26-21-7-5-4-6-20(21)25-23(26)29-15-16-8-13-22(27-2)19(24)14-16/h4-14H,3,15H2,1-2H3. The molecule has 0 saturated heterocycles. The molecule has 1 heterocycles. The minimum atomic E-state index is -0.356. The zero-order valence-corrected chi connectivity index (χ0v) is 17.1. The van der Waals surface area contributed by atoms with Crippen LogP contribution in [0.1, 0.15) is 12.5 Å². The van der Waals surface area contributed by atoms with Crippen LogP contribution in [-0.4, -0.2) is 23.3 Å². The summed E-state index contributed by atoms with van der Waals surface area (Å²) >= 11 is 1.57. The molecule has 0 unspecified atom stereocenters. The molecule has 4 aromatic rings. The van der Waals surface area contributed by atoms with E-state index in [9.17, 15) is 4.39 Å². The van der Waals surface area contributed by atoms with Gasteiger partial charge in [0, 0.05) is 11.4 Å². The topological polar surface area (TPSA) is 36.3 Å². The minimum absolute atomic E-state index is 0.250. The van der Waals surface area contributed by atoms with E-state index in [-0.39, 0.29) is 11.6 Å². The van der Waals surface area contributed by atoms with Crippen LogP contribution in [0.3, 0.4) is 0 Å². The van der Waals surface area contributed by atoms with Crippen LogP contribution in [0.2, 0.25) is 0 Å². The zero-order valence-electron chi connectivity index (χ0n) is 16.3. The first-order valence-electron chi connectivity index (χ1n) is 9.35. The molecule has 0 aliphatic heterocycles. The van der Waals surface area contributed by atoms with Gasteiger partial charge in [-0.15, -0.1) is 0 Å². The molecule has 0 saturated carbocycles. The van der Waals surface area contributed by atoms with Crippen LogP contribution in [0.25, 0.3) is 16.7 Å². The first kappa shape index (κ1) is 19.3. The number of halogens is 1. The van der Waals surface area contributed by atoms with E-state index >= 15 is 0 Å². The molecule has 3 aromatic carbocycles. The molecule has 0 atom stereocenters. The normalized spacial score (nSPS) is 11.0. The van der Waals surface area contributed by atoms with Crippen LogP contribution < -0.4 is 9.47 Å². The quantitative estimate of drug-likeness (QED) is 0.359. The molecule has 0 amide bonds. The summed E-state index contributed by atoms with van der Waals surface area (Å²) in [6.45, 7) is 2.60. The molecule has 29 heavy (non-hydrogen) atoms. The van der Waals surface area contributed by atoms with Gasteiger partial charge in [-0.1, -0.05) is 30.0 Å². The molecule has 4 rings (SSSR count). The van der Waals surface area contributed by atoms with Crippen molar-refractivity contribution in [1.82, 2.24) is 9.55 Å². The summed E-state index contributed by atoms with van der Waals surface area (Å²) in [6.07, 6.45) is 0. The van der Waals surface area contributed by atoms with Crippen LogP contribution in [0, 0.1) is 5.82 Å². The molecular weight excluding hydrogens is 387 g/mol. The monoisotopic (exact) mass is 408 g/mol. The number of fused-ring (bicyclic) bond motifs is 1. The molecule has 4 nitrogen and oxygen atoms in total. The van der Waals surface area contributed by atoms with Gasteiger partial charge < -0.3 is 9.47 Å². The number of nitrogens with zero attached hydrogens (tertiary/aromatic N) is 2. The third-order valence-corrected chi connectivity index (χ3v) is 5.53. The molecule has 6 heteroatoms. The highest BCUT2D eigenvalue weighted by molar-refractivity contribution is 7.98. The number of ether oxygens (including phenoxy) is 2. The number of aromatic nitrogens is 2.